The van der Waals surface area contributed by atoms with E-state index in [4.69, 9.17) is 4.98 Å². The topological polar surface area (TPSA) is 28.7 Å². The zero-order valence-electron chi connectivity index (χ0n) is 26.0. The second kappa shape index (κ2) is 9.87. The number of H-pyrrole nitrogens is 1. The van der Waals surface area contributed by atoms with Gasteiger partial charge in [-0.3, -0.25) is 4.98 Å². The first-order valence-corrected chi connectivity index (χ1v) is 17.5. The first-order valence-electron chi connectivity index (χ1n) is 16.6. The number of rotatable bonds is 3. The molecule has 1 aliphatic rings. The molecule has 1 N–H and O–H groups in total. The molecule has 1 unspecified atom stereocenters. The predicted molar refractivity (Wildman–Crippen MR) is 204 cm³/mol. The highest BCUT2D eigenvalue weighted by atomic mass is 32.1. The zero-order valence-corrected chi connectivity index (χ0v) is 26.8. The molecule has 0 amide bonds. The lowest BCUT2D eigenvalue weighted by atomic mass is 9.89. The maximum atomic E-state index is 5.37. The molecule has 2 nitrogen and oxygen atoms in total. The minimum atomic E-state index is 0.214. The van der Waals surface area contributed by atoms with E-state index in [2.05, 4.69) is 151 Å². The molecule has 0 saturated carbocycles. The Balaban J connectivity index is 1.16. The average molecular weight is 629 g/mol. The summed E-state index contributed by atoms with van der Waals surface area (Å²) in [5.74, 6) is 0.214. The molecule has 3 aromatic heterocycles. The Labute approximate surface area is 280 Å². The van der Waals surface area contributed by atoms with Crippen molar-refractivity contribution in [3.63, 3.8) is 0 Å². The number of pyridine rings is 1. The molecule has 7 aromatic carbocycles. The van der Waals surface area contributed by atoms with Crippen LogP contribution in [0.5, 0.6) is 0 Å². The van der Waals surface area contributed by atoms with E-state index < -0.39 is 0 Å². The van der Waals surface area contributed by atoms with Crippen LogP contribution in [0.1, 0.15) is 22.7 Å². The normalized spacial score (nSPS) is 14.1. The Morgan fingerprint density at radius 1 is 0.542 bits per heavy atom. The van der Waals surface area contributed by atoms with Crippen molar-refractivity contribution in [1.29, 1.82) is 0 Å². The fourth-order valence-corrected chi connectivity index (χ4v) is 9.55. The number of aromatic amines is 1. The van der Waals surface area contributed by atoms with Gasteiger partial charge in [-0.05, 0) is 68.7 Å². The van der Waals surface area contributed by atoms with Gasteiger partial charge in [0.25, 0.3) is 0 Å². The molecule has 3 heteroatoms. The molecule has 11 rings (SSSR count). The number of hydrogen-bond acceptors (Lipinski definition) is 2. The molecule has 0 bridgehead atoms. The van der Waals surface area contributed by atoms with Crippen molar-refractivity contribution in [2.75, 3.05) is 0 Å². The van der Waals surface area contributed by atoms with Gasteiger partial charge >= 0.3 is 0 Å². The van der Waals surface area contributed by atoms with E-state index in [-0.39, 0.29) is 5.92 Å². The molecular formula is C45H28N2S. The van der Waals surface area contributed by atoms with E-state index in [9.17, 15) is 0 Å². The van der Waals surface area contributed by atoms with Gasteiger partial charge in [-0.15, -0.1) is 11.3 Å². The van der Waals surface area contributed by atoms with Gasteiger partial charge in [0, 0.05) is 71.0 Å². The fraction of sp³-hybridized carbons (Fsp3) is 0.0444. The van der Waals surface area contributed by atoms with Crippen molar-refractivity contribution in [2.45, 2.75) is 12.3 Å². The van der Waals surface area contributed by atoms with Gasteiger partial charge in [0.05, 0.1) is 5.69 Å². The minimum Gasteiger partial charge on any atom is -0.354 e. The first kappa shape index (κ1) is 26.3. The maximum Gasteiger partial charge on any atom is 0.0783 e. The molecule has 0 fully saturated rings. The first-order chi connectivity index (χ1) is 23.8. The van der Waals surface area contributed by atoms with Crippen molar-refractivity contribution in [1.82, 2.24) is 9.97 Å². The Morgan fingerprint density at radius 3 is 2.27 bits per heavy atom. The molecule has 10 aromatic rings. The number of benzene rings is 7. The van der Waals surface area contributed by atoms with E-state index in [1.54, 1.807) is 0 Å². The molecule has 0 aliphatic heterocycles. The van der Waals surface area contributed by atoms with Crippen LogP contribution in [-0.2, 0) is 6.42 Å². The molecule has 0 radical (unpaired) electrons. The van der Waals surface area contributed by atoms with Crippen LogP contribution in [0.3, 0.4) is 0 Å². The van der Waals surface area contributed by atoms with Crippen molar-refractivity contribution in [2.24, 2.45) is 0 Å². The van der Waals surface area contributed by atoms with Crippen LogP contribution in [0.15, 0.2) is 146 Å². The van der Waals surface area contributed by atoms with Gasteiger partial charge < -0.3 is 4.98 Å². The molecule has 3 heterocycles. The highest BCUT2D eigenvalue weighted by molar-refractivity contribution is 7.25. The summed E-state index contributed by atoms with van der Waals surface area (Å²) >= 11 is 1.88. The van der Waals surface area contributed by atoms with Gasteiger partial charge in [0.15, 0.2) is 0 Å². The summed E-state index contributed by atoms with van der Waals surface area (Å²) in [7, 11) is 0. The molecular weight excluding hydrogens is 601 g/mol. The lowest BCUT2D eigenvalue weighted by molar-refractivity contribution is 0.805. The monoisotopic (exact) mass is 628 g/mol. The van der Waals surface area contributed by atoms with Gasteiger partial charge in [0.2, 0.25) is 0 Å². The van der Waals surface area contributed by atoms with Crippen LogP contribution >= 0.6 is 11.3 Å². The summed E-state index contributed by atoms with van der Waals surface area (Å²) in [4.78, 5) is 9.18. The Morgan fingerprint density at radius 2 is 1.33 bits per heavy atom. The fourth-order valence-electron chi connectivity index (χ4n) is 8.43. The van der Waals surface area contributed by atoms with E-state index in [1.165, 1.54) is 85.8 Å². The third-order valence-corrected chi connectivity index (χ3v) is 11.6. The third-order valence-electron chi connectivity index (χ3n) is 10.5. The molecule has 0 saturated heterocycles. The van der Waals surface area contributed by atoms with Crippen molar-refractivity contribution in [3.8, 4) is 22.4 Å². The smallest absolute Gasteiger partial charge is 0.0783 e. The summed E-state index contributed by atoms with van der Waals surface area (Å²) in [6.45, 7) is 0. The van der Waals surface area contributed by atoms with E-state index in [1.807, 2.05) is 11.3 Å². The van der Waals surface area contributed by atoms with E-state index >= 15 is 0 Å². The van der Waals surface area contributed by atoms with Gasteiger partial charge in [-0.1, -0.05) is 115 Å². The number of thiophene rings is 1. The molecule has 224 valence electrons. The highest BCUT2D eigenvalue weighted by Gasteiger charge is 2.31. The SMILES string of the molecule is c1ccc(-c2nc(CC3c4ccccc4-c4c3ccc3ccc5[nH]c6cc7sc8ccccc8c7cc6c5c43)cc3ccccc23)cc1. The number of fused-ring (bicyclic) bond motifs is 13. The molecule has 0 spiro atoms. The Hall–Kier alpha value is -5.77. The van der Waals surface area contributed by atoms with Crippen LogP contribution in [0.2, 0.25) is 0 Å². The largest absolute Gasteiger partial charge is 0.354 e. The number of hydrogen-bond donors (Lipinski definition) is 1. The summed E-state index contributed by atoms with van der Waals surface area (Å²) < 4.78 is 2.66. The lowest BCUT2D eigenvalue weighted by Gasteiger charge is -2.16. The van der Waals surface area contributed by atoms with Gasteiger partial charge in [0.1, 0.15) is 0 Å². The van der Waals surface area contributed by atoms with Crippen LogP contribution in [0, 0.1) is 0 Å². The van der Waals surface area contributed by atoms with Crippen molar-refractivity contribution in [3.05, 3.63) is 162 Å². The molecule has 1 atom stereocenters. The second-order valence-electron chi connectivity index (χ2n) is 13.1. The summed E-state index contributed by atoms with van der Waals surface area (Å²) in [6.07, 6.45) is 0.839. The predicted octanol–water partition coefficient (Wildman–Crippen LogP) is 12.4. The Kier molecular flexibility index (Phi) is 5.41. The third kappa shape index (κ3) is 3.71. The minimum absolute atomic E-state index is 0.214. The Bertz CT molecular complexity index is 2930. The van der Waals surface area contributed by atoms with Crippen LogP contribution in [0.25, 0.3) is 85.9 Å². The number of nitrogens with zero attached hydrogens (tertiary/aromatic N) is 1. The van der Waals surface area contributed by atoms with E-state index in [0.717, 1.165) is 23.4 Å². The lowest BCUT2D eigenvalue weighted by Crippen LogP contribution is -2.04. The standard InChI is InChI=1S/C45H28N2S/c1-2-10-27(11-3-1)45-30-13-5-4-12-28(30)22-29(46-45)23-35-31-14-6-7-16-33(31)43-34(35)20-18-26-19-21-38-44(42(26)43)37-24-36-32-15-8-9-17-40(32)48-41(36)25-39(37)47-38/h1-22,24-25,35,47H,23H2. The van der Waals surface area contributed by atoms with Crippen LogP contribution < -0.4 is 0 Å². The maximum absolute atomic E-state index is 5.37. The van der Waals surface area contributed by atoms with Gasteiger partial charge in [-0.2, -0.15) is 0 Å². The van der Waals surface area contributed by atoms with Crippen molar-refractivity contribution < 1.29 is 0 Å². The summed E-state index contributed by atoms with van der Waals surface area (Å²) in [5, 5.41) is 10.3. The number of aromatic nitrogens is 2. The second-order valence-corrected chi connectivity index (χ2v) is 14.2. The van der Waals surface area contributed by atoms with Crippen LogP contribution in [0.4, 0.5) is 0 Å². The molecule has 48 heavy (non-hydrogen) atoms. The quantitative estimate of drug-likeness (QED) is 0.207. The van der Waals surface area contributed by atoms with Crippen molar-refractivity contribution >= 4 is 74.9 Å². The molecule has 1 aliphatic carbocycles. The van der Waals surface area contributed by atoms with Crippen LogP contribution in [-0.4, -0.2) is 9.97 Å². The highest BCUT2D eigenvalue weighted by Crippen LogP contribution is 2.52. The number of nitrogens with one attached hydrogen (secondary N) is 1. The van der Waals surface area contributed by atoms with Gasteiger partial charge in [-0.25, -0.2) is 0 Å². The summed E-state index contributed by atoms with van der Waals surface area (Å²) in [5.41, 5.74) is 11.2. The average Bonchev–Trinajstić information content (AvgIpc) is 3.79. The zero-order chi connectivity index (χ0) is 31.3. The summed E-state index contributed by atoms with van der Waals surface area (Å²) in [6, 6.07) is 53.5. The van der Waals surface area contributed by atoms with E-state index in [0.29, 0.717) is 0 Å².